The van der Waals surface area contributed by atoms with E-state index in [1.807, 2.05) is 0 Å². The number of oxazole rings is 1. The van der Waals surface area contributed by atoms with E-state index < -0.39 is 18.0 Å². The van der Waals surface area contributed by atoms with Gasteiger partial charge in [0, 0.05) is 4.47 Å². The molecule has 2 amide bonds. The molecule has 1 atom stereocenters. The predicted molar refractivity (Wildman–Crippen MR) is 79.0 cm³/mol. The number of halogens is 1. The molecule has 0 saturated carbocycles. The number of nitrogens with one attached hydrogen (secondary N) is 2. The zero-order valence-electron chi connectivity index (χ0n) is 11.2. The molecule has 0 aliphatic heterocycles. The number of hydrogen-bond donors (Lipinski definition) is 3. The van der Waals surface area contributed by atoms with Gasteiger partial charge in [0.05, 0.1) is 12.5 Å². The standard InChI is InChI=1S/C13H11BrN4O4/c14-7-1-2-8-10(5-7)22-11(17-8)6-9(18-13(20)21)12(19)16-4-3-15/h1-2,5,9,18H,4,6H2,(H,16,19)(H,20,21). The van der Waals surface area contributed by atoms with Crippen LogP contribution in [0.1, 0.15) is 5.89 Å². The van der Waals surface area contributed by atoms with Gasteiger partial charge in [-0.1, -0.05) is 15.9 Å². The van der Waals surface area contributed by atoms with Crippen molar-refractivity contribution in [1.82, 2.24) is 15.6 Å². The quantitative estimate of drug-likeness (QED) is 0.686. The van der Waals surface area contributed by atoms with Crippen LogP contribution in [-0.4, -0.2) is 34.7 Å². The highest BCUT2D eigenvalue weighted by Gasteiger charge is 2.23. The van der Waals surface area contributed by atoms with Gasteiger partial charge in [0.15, 0.2) is 11.5 Å². The summed E-state index contributed by atoms with van der Waals surface area (Å²) in [7, 11) is 0. The molecule has 0 spiro atoms. The normalized spacial score (nSPS) is 11.6. The number of nitrogens with zero attached hydrogens (tertiary/aromatic N) is 2. The van der Waals surface area contributed by atoms with Crippen LogP contribution >= 0.6 is 15.9 Å². The lowest BCUT2D eigenvalue weighted by molar-refractivity contribution is -0.122. The molecule has 2 rings (SSSR count). The largest absolute Gasteiger partial charge is 0.465 e. The van der Waals surface area contributed by atoms with Crippen LogP contribution in [0.4, 0.5) is 4.79 Å². The zero-order valence-corrected chi connectivity index (χ0v) is 12.8. The predicted octanol–water partition coefficient (Wildman–Crippen LogP) is 1.41. The molecular weight excluding hydrogens is 356 g/mol. The van der Waals surface area contributed by atoms with Crippen LogP contribution in [-0.2, 0) is 11.2 Å². The van der Waals surface area contributed by atoms with E-state index >= 15 is 0 Å². The Morgan fingerprint density at radius 1 is 1.50 bits per heavy atom. The molecule has 0 fully saturated rings. The van der Waals surface area contributed by atoms with Crippen LogP contribution < -0.4 is 10.6 Å². The third-order valence-electron chi connectivity index (χ3n) is 2.73. The van der Waals surface area contributed by atoms with Crippen molar-refractivity contribution in [2.24, 2.45) is 0 Å². The summed E-state index contributed by atoms with van der Waals surface area (Å²) < 4.78 is 6.31. The highest BCUT2D eigenvalue weighted by Crippen LogP contribution is 2.21. The van der Waals surface area contributed by atoms with Gasteiger partial charge in [-0.15, -0.1) is 0 Å². The Hall–Kier alpha value is -2.60. The summed E-state index contributed by atoms with van der Waals surface area (Å²) in [6.07, 6.45) is -1.41. The molecule has 0 saturated heterocycles. The number of nitriles is 1. The number of aromatic nitrogens is 1. The van der Waals surface area contributed by atoms with Crippen molar-refractivity contribution in [2.75, 3.05) is 6.54 Å². The van der Waals surface area contributed by atoms with Crippen molar-refractivity contribution in [1.29, 1.82) is 5.26 Å². The molecule has 0 bridgehead atoms. The van der Waals surface area contributed by atoms with E-state index in [-0.39, 0.29) is 18.9 Å². The maximum atomic E-state index is 11.8. The molecular formula is C13H11BrN4O4. The van der Waals surface area contributed by atoms with Gasteiger partial charge in [-0.25, -0.2) is 9.78 Å². The molecule has 114 valence electrons. The summed E-state index contributed by atoms with van der Waals surface area (Å²) in [6, 6.07) is 5.91. The summed E-state index contributed by atoms with van der Waals surface area (Å²) in [4.78, 5) is 26.8. The Labute approximate surface area is 133 Å². The summed E-state index contributed by atoms with van der Waals surface area (Å²) in [6.45, 7) is -0.211. The lowest BCUT2D eigenvalue weighted by Gasteiger charge is -2.13. The van der Waals surface area contributed by atoms with Gasteiger partial charge in [0.2, 0.25) is 5.91 Å². The number of carbonyl (C=O) groups is 2. The van der Waals surface area contributed by atoms with Crippen LogP contribution in [0.5, 0.6) is 0 Å². The fourth-order valence-corrected chi connectivity index (χ4v) is 2.16. The third-order valence-corrected chi connectivity index (χ3v) is 3.22. The van der Waals surface area contributed by atoms with Gasteiger partial charge in [-0.05, 0) is 18.2 Å². The van der Waals surface area contributed by atoms with Crippen LogP contribution in [0.3, 0.4) is 0 Å². The van der Waals surface area contributed by atoms with Gasteiger partial charge in [-0.3, -0.25) is 4.79 Å². The average Bonchev–Trinajstić information content (AvgIpc) is 2.84. The fourth-order valence-electron chi connectivity index (χ4n) is 1.82. The summed E-state index contributed by atoms with van der Waals surface area (Å²) in [5, 5.41) is 21.6. The second-order valence-electron chi connectivity index (χ2n) is 4.30. The highest BCUT2D eigenvalue weighted by atomic mass is 79.9. The monoisotopic (exact) mass is 366 g/mol. The van der Waals surface area contributed by atoms with Crippen molar-refractivity contribution in [3.8, 4) is 6.07 Å². The summed E-state index contributed by atoms with van der Waals surface area (Å²) in [5.74, 6) is -0.397. The van der Waals surface area contributed by atoms with E-state index in [2.05, 4.69) is 31.5 Å². The number of fused-ring (bicyclic) bond motifs is 1. The minimum Gasteiger partial charge on any atom is -0.465 e. The minimum atomic E-state index is -1.35. The first kappa shape index (κ1) is 15.8. The second-order valence-corrected chi connectivity index (χ2v) is 5.22. The van der Waals surface area contributed by atoms with Crippen LogP contribution in [0, 0.1) is 11.3 Å². The Kier molecular flexibility index (Phi) is 4.95. The number of benzene rings is 1. The summed E-state index contributed by atoms with van der Waals surface area (Å²) in [5.41, 5.74) is 1.13. The van der Waals surface area contributed by atoms with E-state index in [9.17, 15) is 9.59 Å². The first-order valence-electron chi connectivity index (χ1n) is 6.18. The van der Waals surface area contributed by atoms with E-state index in [4.69, 9.17) is 14.8 Å². The zero-order chi connectivity index (χ0) is 16.1. The average molecular weight is 367 g/mol. The second kappa shape index (κ2) is 6.91. The van der Waals surface area contributed by atoms with Crippen molar-refractivity contribution in [2.45, 2.75) is 12.5 Å². The van der Waals surface area contributed by atoms with Gasteiger partial charge < -0.3 is 20.2 Å². The number of hydrogen-bond acceptors (Lipinski definition) is 5. The SMILES string of the molecule is N#CCNC(=O)C(Cc1nc2ccc(Br)cc2o1)NC(=O)O. The maximum absolute atomic E-state index is 11.8. The highest BCUT2D eigenvalue weighted by molar-refractivity contribution is 9.10. The number of rotatable bonds is 5. The lowest BCUT2D eigenvalue weighted by atomic mass is 10.2. The smallest absolute Gasteiger partial charge is 0.405 e. The van der Waals surface area contributed by atoms with E-state index in [0.29, 0.717) is 11.1 Å². The van der Waals surface area contributed by atoms with Crippen molar-refractivity contribution >= 4 is 39.0 Å². The topological polar surface area (TPSA) is 128 Å². The molecule has 1 aromatic heterocycles. The van der Waals surface area contributed by atoms with Gasteiger partial charge in [-0.2, -0.15) is 5.26 Å². The molecule has 9 heteroatoms. The van der Waals surface area contributed by atoms with Crippen LogP contribution in [0.15, 0.2) is 27.1 Å². The van der Waals surface area contributed by atoms with E-state index in [0.717, 1.165) is 4.47 Å². The molecule has 0 aliphatic carbocycles. The Bertz CT molecular complexity index is 752. The van der Waals surface area contributed by atoms with Crippen molar-refractivity contribution in [3.05, 3.63) is 28.6 Å². The maximum Gasteiger partial charge on any atom is 0.405 e. The molecule has 8 nitrogen and oxygen atoms in total. The van der Waals surface area contributed by atoms with E-state index in [1.54, 1.807) is 24.3 Å². The molecule has 3 N–H and O–H groups in total. The van der Waals surface area contributed by atoms with Crippen molar-refractivity contribution in [3.63, 3.8) is 0 Å². The number of amides is 2. The minimum absolute atomic E-state index is 0.0597. The van der Waals surface area contributed by atoms with E-state index in [1.165, 1.54) is 0 Å². The Morgan fingerprint density at radius 2 is 2.27 bits per heavy atom. The Morgan fingerprint density at radius 3 is 2.95 bits per heavy atom. The first-order valence-corrected chi connectivity index (χ1v) is 6.98. The third kappa shape index (κ3) is 3.95. The molecule has 1 aromatic carbocycles. The van der Waals surface area contributed by atoms with Gasteiger partial charge in [0.1, 0.15) is 18.1 Å². The molecule has 22 heavy (non-hydrogen) atoms. The Balaban J connectivity index is 2.18. The lowest BCUT2D eigenvalue weighted by Crippen LogP contribution is -2.47. The fraction of sp³-hybridized carbons (Fsp3) is 0.231. The number of carbonyl (C=O) groups excluding carboxylic acids is 1. The van der Waals surface area contributed by atoms with Crippen LogP contribution in [0.25, 0.3) is 11.1 Å². The molecule has 1 heterocycles. The molecule has 1 unspecified atom stereocenters. The van der Waals surface area contributed by atoms with Crippen LogP contribution in [0.2, 0.25) is 0 Å². The molecule has 2 aromatic rings. The van der Waals surface area contributed by atoms with Crippen molar-refractivity contribution < 1.29 is 19.1 Å². The molecule has 0 radical (unpaired) electrons. The molecule has 0 aliphatic rings. The van der Waals surface area contributed by atoms with Gasteiger partial charge >= 0.3 is 6.09 Å². The summed E-state index contributed by atoms with van der Waals surface area (Å²) >= 11 is 3.30. The van der Waals surface area contributed by atoms with Gasteiger partial charge in [0.25, 0.3) is 0 Å². The first-order chi connectivity index (χ1) is 10.5. The number of carboxylic acid groups (broad SMARTS) is 1.